The number of hydrogen-bond acceptors (Lipinski definition) is 6. The molecule has 0 atom stereocenters. The van der Waals surface area contributed by atoms with Crippen LogP contribution in [0.2, 0.25) is 0 Å². The number of imidazole rings is 1. The van der Waals surface area contributed by atoms with Gasteiger partial charge in [0, 0.05) is 18.8 Å². The van der Waals surface area contributed by atoms with Gasteiger partial charge in [0.05, 0.1) is 36.5 Å². The van der Waals surface area contributed by atoms with Gasteiger partial charge in [-0.2, -0.15) is 0 Å². The quantitative estimate of drug-likeness (QED) is 0.456. The molecule has 0 saturated carbocycles. The van der Waals surface area contributed by atoms with Gasteiger partial charge in [-0.15, -0.1) is 5.10 Å². The van der Waals surface area contributed by atoms with Gasteiger partial charge >= 0.3 is 0 Å². The van der Waals surface area contributed by atoms with E-state index in [0.29, 0.717) is 17.4 Å². The first-order valence-corrected chi connectivity index (χ1v) is 11.6. The number of rotatable bonds is 6. The van der Waals surface area contributed by atoms with Crippen LogP contribution in [0.1, 0.15) is 47.6 Å². The first kappa shape index (κ1) is 22.2. The summed E-state index contributed by atoms with van der Waals surface area (Å²) < 4.78 is 7.15. The average Bonchev–Trinajstić information content (AvgIpc) is 3.42. The van der Waals surface area contributed by atoms with Gasteiger partial charge in [-0.3, -0.25) is 9.69 Å². The van der Waals surface area contributed by atoms with Crippen molar-refractivity contribution in [3.05, 3.63) is 65.5 Å². The van der Waals surface area contributed by atoms with E-state index in [0.717, 1.165) is 61.0 Å². The van der Waals surface area contributed by atoms with E-state index < -0.39 is 0 Å². The third-order valence-corrected chi connectivity index (χ3v) is 6.02. The van der Waals surface area contributed by atoms with Crippen LogP contribution in [-0.4, -0.2) is 61.8 Å². The molecule has 1 fully saturated rings. The van der Waals surface area contributed by atoms with E-state index in [2.05, 4.69) is 50.2 Å². The van der Waals surface area contributed by atoms with Gasteiger partial charge in [0.1, 0.15) is 11.6 Å². The Bertz CT molecular complexity index is 1320. The van der Waals surface area contributed by atoms with Crippen LogP contribution in [0.3, 0.4) is 0 Å². The monoisotopic (exact) mass is 459 g/mol. The lowest BCUT2D eigenvalue weighted by molar-refractivity contribution is 0.0332. The third-order valence-electron chi connectivity index (χ3n) is 6.02. The molecule has 0 aliphatic carbocycles. The molecule has 34 heavy (non-hydrogen) atoms. The summed E-state index contributed by atoms with van der Waals surface area (Å²) in [5, 5.41) is 7.43. The summed E-state index contributed by atoms with van der Waals surface area (Å²) in [5.41, 5.74) is 4.50. The lowest BCUT2D eigenvalue weighted by Gasteiger charge is -2.25. The molecule has 1 saturated heterocycles. The van der Waals surface area contributed by atoms with Crippen LogP contribution in [0.5, 0.6) is 0 Å². The summed E-state index contributed by atoms with van der Waals surface area (Å²) in [6, 6.07) is 13.7. The van der Waals surface area contributed by atoms with E-state index in [1.54, 1.807) is 4.68 Å². The maximum Gasteiger partial charge on any atom is 0.295 e. The Morgan fingerprint density at radius 2 is 1.94 bits per heavy atom. The standard InChI is InChI=1S/C25H29N7O2/c1-16(2)19-6-4-5-7-22(19)32-17(3)26-24(30-32)25(33)27-18-8-9-20-21(14-18)29-23(28-20)15-31-10-12-34-13-11-31/h4-9,14,16H,10-13,15H2,1-3H3,(H,27,33)(H,28,29). The van der Waals surface area contributed by atoms with Gasteiger partial charge in [-0.05, 0) is 42.7 Å². The summed E-state index contributed by atoms with van der Waals surface area (Å²) in [4.78, 5) is 27.7. The number of anilines is 1. The molecule has 4 aromatic rings. The Morgan fingerprint density at radius 3 is 2.74 bits per heavy atom. The number of hydrogen-bond donors (Lipinski definition) is 2. The van der Waals surface area contributed by atoms with Crippen molar-refractivity contribution in [2.24, 2.45) is 0 Å². The van der Waals surface area contributed by atoms with Crippen molar-refractivity contribution < 1.29 is 9.53 Å². The van der Waals surface area contributed by atoms with Gasteiger partial charge < -0.3 is 15.0 Å². The van der Waals surface area contributed by atoms with Gasteiger partial charge in [0.2, 0.25) is 5.82 Å². The fourth-order valence-corrected chi connectivity index (χ4v) is 4.26. The van der Waals surface area contributed by atoms with Gasteiger partial charge in [0.25, 0.3) is 5.91 Å². The van der Waals surface area contributed by atoms with E-state index in [-0.39, 0.29) is 11.7 Å². The van der Waals surface area contributed by atoms with Gasteiger partial charge in [-0.1, -0.05) is 32.0 Å². The zero-order chi connectivity index (χ0) is 23.7. The number of aromatic nitrogens is 5. The molecule has 0 bridgehead atoms. The fourth-order valence-electron chi connectivity index (χ4n) is 4.26. The highest BCUT2D eigenvalue weighted by Crippen LogP contribution is 2.23. The van der Waals surface area contributed by atoms with Crippen molar-refractivity contribution in [2.45, 2.75) is 33.2 Å². The number of aryl methyl sites for hydroxylation is 1. The number of benzene rings is 2. The number of para-hydroxylation sites is 1. The Balaban J connectivity index is 1.33. The number of nitrogens with zero attached hydrogens (tertiary/aromatic N) is 5. The van der Waals surface area contributed by atoms with Crippen LogP contribution in [0.4, 0.5) is 5.69 Å². The summed E-state index contributed by atoms with van der Waals surface area (Å²) >= 11 is 0. The predicted molar refractivity (Wildman–Crippen MR) is 130 cm³/mol. The van der Waals surface area contributed by atoms with Crippen molar-refractivity contribution >= 4 is 22.6 Å². The number of amides is 1. The van der Waals surface area contributed by atoms with E-state index in [1.807, 2.05) is 43.3 Å². The van der Waals surface area contributed by atoms with E-state index in [1.165, 1.54) is 0 Å². The second-order valence-corrected chi connectivity index (χ2v) is 8.87. The number of carbonyl (C=O) groups excluding carboxylic acids is 1. The highest BCUT2D eigenvalue weighted by Gasteiger charge is 2.18. The Hall–Kier alpha value is -3.56. The lowest BCUT2D eigenvalue weighted by Crippen LogP contribution is -2.35. The molecule has 2 aromatic heterocycles. The number of nitrogens with one attached hydrogen (secondary N) is 2. The molecule has 9 nitrogen and oxygen atoms in total. The summed E-state index contributed by atoms with van der Waals surface area (Å²) in [6.07, 6.45) is 0. The Morgan fingerprint density at radius 1 is 1.15 bits per heavy atom. The van der Waals surface area contributed by atoms with Crippen LogP contribution in [0, 0.1) is 6.92 Å². The minimum Gasteiger partial charge on any atom is -0.379 e. The number of carbonyl (C=O) groups is 1. The normalized spacial score (nSPS) is 14.7. The summed E-state index contributed by atoms with van der Waals surface area (Å²) in [6.45, 7) is 10.2. The molecule has 1 aliphatic heterocycles. The molecular weight excluding hydrogens is 430 g/mol. The van der Waals surface area contributed by atoms with Crippen LogP contribution >= 0.6 is 0 Å². The molecule has 3 heterocycles. The number of morpholine rings is 1. The lowest BCUT2D eigenvalue weighted by atomic mass is 10.0. The zero-order valence-corrected chi connectivity index (χ0v) is 19.7. The molecule has 1 amide bonds. The fraction of sp³-hybridized carbons (Fsp3) is 0.360. The minimum absolute atomic E-state index is 0.133. The second kappa shape index (κ2) is 9.36. The van der Waals surface area contributed by atoms with Crippen molar-refractivity contribution in [1.82, 2.24) is 29.6 Å². The number of fused-ring (bicyclic) bond motifs is 1. The largest absolute Gasteiger partial charge is 0.379 e. The number of aromatic amines is 1. The van der Waals surface area contributed by atoms with E-state index in [9.17, 15) is 4.79 Å². The maximum atomic E-state index is 12.9. The van der Waals surface area contributed by atoms with Gasteiger partial charge in [-0.25, -0.2) is 14.6 Å². The van der Waals surface area contributed by atoms with Crippen LogP contribution in [-0.2, 0) is 11.3 Å². The molecule has 9 heteroatoms. The minimum atomic E-state index is -0.351. The molecule has 1 aliphatic rings. The van der Waals surface area contributed by atoms with E-state index in [4.69, 9.17) is 4.74 Å². The first-order valence-electron chi connectivity index (χ1n) is 11.6. The van der Waals surface area contributed by atoms with Crippen LogP contribution in [0.25, 0.3) is 16.7 Å². The summed E-state index contributed by atoms with van der Waals surface area (Å²) in [5.74, 6) is 1.67. The average molecular weight is 460 g/mol. The van der Waals surface area contributed by atoms with Crippen molar-refractivity contribution in [1.29, 1.82) is 0 Å². The molecule has 2 N–H and O–H groups in total. The van der Waals surface area contributed by atoms with Crippen LogP contribution < -0.4 is 5.32 Å². The topological polar surface area (TPSA) is 101 Å². The van der Waals surface area contributed by atoms with Gasteiger partial charge in [0.15, 0.2) is 0 Å². The van der Waals surface area contributed by atoms with Crippen molar-refractivity contribution in [3.8, 4) is 5.69 Å². The number of ether oxygens (including phenoxy) is 1. The Kier molecular flexibility index (Phi) is 6.12. The van der Waals surface area contributed by atoms with Crippen molar-refractivity contribution in [2.75, 3.05) is 31.6 Å². The SMILES string of the molecule is Cc1nc(C(=O)Nc2ccc3nc(CN4CCOCC4)[nH]c3c2)nn1-c1ccccc1C(C)C. The number of H-pyrrole nitrogens is 1. The van der Waals surface area contributed by atoms with Crippen LogP contribution in [0.15, 0.2) is 42.5 Å². The van der Waals surface area contributed by atoms with Crippen molar-refractivity contribution in [3.63, 3.8) is 0 Å². The second-order valence-electron chi connectivity index (χ2n) is 8.87. The zero-order valence-electron chi connectivity index (χ0n) is 19.7. The third kappa shape index (κ3) is 4.57. The smallest absolute Gasteiger partial charge is 0.295 e. The predicted octanol–water partition coefficient (Wildman–Crippen LogP) is 3.66. The molecule has 0 spiro atoms. The van der Waals surface area contributed by atoms with E-state index >= 15 is 0 Å². The first-order chi connectivity index (χ1) is 16.5. The summed E-state index contributed by atoms with van der Waals surface area (Å²) in [7, 11) is 0. The molecule has 5 rings (SSSR count). The molecule has 0 radical (unpaired) electrons. The Labute approximate surface area is 198 Å². The molecular formula is C25H29N7O2. The highest BCUT2D eigenvalue weighted by atomic mass is 16.5. The molecule has 0 unspecified atom stereocenters. The molecule has 176 valence electrons. The molecule has 2 aromatic carbocycles. The highest BCUT2D eigenvalue weighted by molar-refractivity contribution is 6.02. The maximum absolute atomic E-state index is 12.9.